The molecule has 1 aromatic carbocycles. The predicted octanol–water partition coefficient (Wildman–Crippen LogP) is 3.48. The molecule has 0 spiro atoms. The average molecular weight is 391 g/mol. The maximum atomic E-state index is 13.5. The molecule has 28 heavy (non-hydrogen) atoms. The van der Waals surface area contributed by atoms with Crippen LogP contribution in [0.3, 0.4) is 0 Å². The van der Waals surface area contributed by atoms with Crippen LogP contribution in [0, 0.1) is 11.7 Å². The Morgan fingerprint density at radius 2 is 2.07 bits per heavy atom. The normalized spacial score (nSPS) is 18.5. The van der Waals surface area contributed by atoms with Gasteiger partial charge in [-0.1, -0.05) is 19.3 Å². The summed E-state index contributed by atoms with van der Waals surface area (Å²) in [6.45, 7) is 2.94. The summed E-state index contributed by atoms with van der Waals surface area (Å²) < 4.78 is 13.5. The van der Waals surface area contributed by atoms with E-state index in [0.717, 1.165) is 32.5 Å². The van der Waals surface area contributed by atoms with Gasteiger partial charge in [-0.3, -0.25) is 9.79 Å². The molecule has 0 bridgehead atoms. The van der Waals surface area contributed by atoms with Gasteiger partial charge < -0.3 is 20.6 Å². The van der Waals surface area contributed by atoms with Crippen molar-refractivity contribution in [3.8, 4) is 5.75 Å². The zero-order valence-corrected chi connectivity index (χ0v) is 16.4. The first-order valence-electron chi connectivity index (χ1n) is 10.4. The van der Waals surface area contributed by atoms with Gasteiger partial charge >= 0.3 is 0 Å². The lowest BCUT2D eigenvalue weighted by molar-refractivity contribution is -0.127. The van der Waals surface area contributed by atoms with E-state index in [2.05, 4.69) is 15.6 Å². The van der Waals surface area contributed by atoms with Crippen molar-refractivity contribution in [2.24, 2.45) is 10.9 Å². The fourth-order valence-corrected chi connectivity index (χ4v) is 3.88. The summed E-state index contributed by atoms with van der Waals surface area (Å²) in [5, 5.41) is 16.3. The molecule has 2 aliphatic rings. The van der Waals surface area contributed by atoms with E-state index in [9.17, 15) is 14.3 Å². The van der Waals surface area contributed by atoms with E-state index in [1.807, 2.05) is 4.90 Å². The Kier molecular flexibility index (Phi) is 7.51. The summed E-state index contributed by atoms with van der Waals surface area (Å²) in [6, 6.07) is 3.81. The molecule has 2 fully saturated rings. The van der Waals surface area contributed by atoms with E-state index in [1.54, 1.807) is 0 Å². The Morgan fingerprint density at radius 1 is 1.25 bits per heavy atom. The van der Waals surface area contributed by atoms with Crippen molar-refractivity contribution in [1.29, 1.82) is 0 Å². The summed E-state index contributed by atoms with van der Waals surface area (Å²) in [7, 11) is 0. The quantitative estimate of drug-likeness (QED) is 0.288. The number of benzene rings is 1. The molecule has 0 aromatic heterocycles. The number of phenolic OH excluding ortho intramolecular Hbond substituents is 1. The zero-order chi connectivity index (χ0) is 19.8. The molecule has 154 valence electrons. The van der Waals surface area contributed by atoms with Gasteiger partial charge in [0.05, 0.1) is 5.69 Å². The minimum atomic E-state index is -0.417. The molecule has 1 amide bonds. The van der Waals surface area contributed by atoms with Gasteiger partial charge in [-0.15, -0.1) is 0 Å². The van der Waals surface area contributed by atoms with Crippen molar-refractivity contribution in [1.82, 2.24) is 10.2 Å². The third-order valence-corrected chi connectivity index (χ3v) is 5.51. The standard InChI is InChI=1S/C21H31FN4O2/c22-17-9-10-19(27)18(14-17)25-21(24-15-16-6-2-1-3-7-16)23-11-5-13-26-12-4-8-20(26)28/h9-10,14,16,27H,1-8,11-13,15H2,(H2,23,24,25). The number of amides is 1. The summed E-state index contributed by atoms with van der Waals surface area (Å²) >= 11 is 0. The first-order valence-corrected chi connectivity index (χ1v) is 10.4. The lowest BCUT2D eigenvalue weighted by atomic mass is 9.89. The number of nitrogens with zero attached hydrogens (tertiary/aromatic N) is 2. The third-order valence-electron chi connectivity index (χ3n) is 5.51. The molecule has 1 aliphatic heterocycles. The maximum Gasteiger partial charge on any atom is 0.222 e. The largest absolute Gasteiger partial charge is 0.506 e. The van der Waals surface area contributed by atoms with E-state index in [0.29, 0.717) is 30.5 Å². The van der Waals surface area contributed by atoms with E-state index in [-0.39, 0.29) is 11.7 Å². The summed E-state index contributed by atoms with van der Waals surface area (Å²) in [6.07, 6.45) is 8.61. The Bertz CT molecular complexity index is 689. The van der Waals surface area contributed by atoms with Gasteiger partial charge in [0.1, 0.15) is 11.6 Å². The minimum Gasteiger partial charge on any atom is -0.506 e. The highest BCUT2D eigenvalue weighted by Crippen LogP contribution is 2.25. The highest BCUT2D eigenvalue weighted by Gasteiger charge is 2.19. The van der Waals surface area contributed by atoms with Crippen LogP contribution in [0.25, 0.3) is 0 Å². The van der Waals surface area contributed by atoms with Crippen LogP contribution in [0.5, 0.6) is 5.75 Å². The lowest BCUT2D eigenvalue weighted by Gasteiger charge is -2.21. The molecule has 1 aliphatic carbocycles. The van der Waals surface area contributed by atoms with Gasteiger partial charge in [0.25, 0.3) is 0 Å². The van der Waals surface area contributed by atoms with Crippen LogP contribution in [0.15, 0.2) is 23.2 Å². The van der Waals surface area contributed by atoms with E-state index >= 15 is 0 Å². The molecule has 0 unspecified atom stereocenters. The minimum absolute atomic E-state index is 0.0174. The van der Waals surface area contributed by atoms with Crippen molar-refractivity contribution in [3.63, 3.8) is 0 Å². The van der Waals surface area contributed by atoms with Gasteiger partial charge in [-0.2, -0.15) is 0 Å². The molecule has 1 aromatic rings. The number of halogens is 1. The molecule has 0 atom stereocenters. The van der Waals surface area contributed by atoms with Crippen LogP contribution in [-0.2, 0) is 4.79 Å². The number of guanidine groups is 1. The van der Waals surface area contributed by atoms with E-state index in [1.165, 1.54) is 50.3 Å². The third kappa shape index (κ3) is 6.11. The van der Waals surface area contributed by atoms with Gasteiger partial charge in [-0.25, -0.2) is 4.39 Å². The fraction of sp³-hybridized carbons (Fsp3) is 0.619. The Labute approximate surface area is 166 Å². The number of likely N-dealkylation sites (tertiary alicyclic amines) is 1. The van der Waals surface area contributed by atoms with E-state index in [4.69, 9.17) is 0 Å². The second-order valence-corrected chi connectivity index (χ2v) is 7.74. The number of phenols is 1. The number of hydrogen-bond donors (Lipinski definition) is 3. The van der Waals surface area contributed by atoms with Gasteiger partial charge in [0.2, 0.25) is 5.91 Å². The highest BCUT2D eigenvalue weighted by molar-refractivity contribution is 5.94. The van der Waals surface area contributed by atoms with Crippen molar-refractivity contribution in [3.05, 3.63) is 24.0 Å². The van der Waals surface area contributed by atoms with Gasteiger partial charge in [0.15, 0.2) is 5.96 Å². The molecular weight excluding hydrogens is 359 g/mol. The monoisotopic (exact) mass is 390 g/mol. The fourth-order valence-electron chi connectivity index (χ4n) is 3.88. The van der Waals surface area contributed by atoms with Crippen LogP contribution in [-0.4, -0.2) is 48.1 Å². The number of carbonyl (C=O) groups is 1. The second-order valence-electron chi connectivity index (χ2n) is 7.74. The molecular formula is C21H31FN4O2. The molecule has 1 heterocycles. The molecule has 1 saturated carbocycles. The maximum absolute atomic E-state index is 13.5. The topological polar surface area (TPSA) is 77.0 Å². The number of aromatic hydroxyl groups is 1. The zero-order valence-electron chi connectivity index (χ0n) is 16.4. The number of hydrogen-bond acceptors (Lipinski definition) is 3. The molecule has 0 radical (unpaired) electrons. The highest BCUT2D eigenvalue weighted by atomic mass is 19.1. The molecule has 3 rings (SSSR count). The Morgan fingerprint density at radius 3 is 2.82 bits per heavy atom. The number of rotatable bonds is 7. The Balaban J connectivity index is 1.56. The summed E-state index contributed by atoms with van der Waals surface area (Å²) in [5.41, 5.74) is 0.296. The average Bonchev–Trinajstić information content (AvgIpc) is 3.11. The molecule has 3 N–H and O–H groups in total. The lowest BCUT2D eigenvalue weighted by Crippen LogP contribution is -2.34. The smallest absolute Gasteiger partial charge is 0.222 e. The molecule has 6 nitrogen and oxygen atoms in total. The van der Waals surface area contributed by atoms with Crippen LogP contribution in [0.4, 0.5) is 10.1 Å². The van der Waals surface area contributed by atoms with Gasteiger partial charge in [0, 0.05) is 38.7 Å². The van der Waals surface area contributed by atoms with Crippen LogP contribution in [0.2, 0.25) is 0 Å². The Hall–Kier alpha value is -2.31. The number of carbonyl (C=O) groups excluding carboxylic acids is 1. The van der Waals surface area contributed by atoms with Crippen molar-refractivity contribution < 1.29 is 14.3 Å². The second kappa shape index (κ2) is 10.3. The molecule has 7 heteroatoms. The summed E-state index contributed by atoms with van der Waals surface area (Å²) in [4.78, 5) is 18.3. The van der Waals surface area contributed by atoms with Gasteiger partial charge in [-0.05, 0) is 43.7 Å². The number of aliphatic imine (C=N–C) groups is 1. The molecule has 1 saturated heterocycles. The first kappa shape index (κ1) is 20.4. The number of anilines is 1. The van der Waals surface area contributed by atoms with Crippen molar-refractivity contribution in [2.45, 2.75) is 51.4 Å². The van der Waals surface area contributed by atoms with E-state index < -0.39 is 5.82 Å². The van der Waals surface area contributed by atoms with Crippen molar-refractivity contribution in [2.75, 3.05) is 31.5 Å². The first-order chi connectivity index (χ1) is 13.6. The SMILES string of the molecule is O=C1CCCN1CCCNC(=NCC1CCCCC1)Nc1cc(F)ccc1O. The van der Waals surface area contributed by atoms with Crippen molar-refractivity contribution >= 4 is 17.6 Å². The van der Waals surface area contributed by atoms with Crippen LogP contribution >= 0.6 is 0 Å². The van der Waals surface area contributed by atoms with Crippen LogP contribution < -0.4 is 10.6 Å². The number of nitrogens with one attached hydrogen (secondary N) is 2. The predicted molar refractivity (Wildman–Crippen MR) is 109 cm³/mol. The summed E-state index contributed by atoms with van der Waals surface area (Å²) in [5.74, 6) is 0.916. The van der Waals surface area contributed by atoms with Crippen LogP contribution in [0.1, 0.15) is 51.4 Å².